The van der Waals surface area contributed by atoms with E-state index in [0.717, 1.165) is 37.3 Å². The average molecular weight is 404 g/mol. The maximum absolute atomic E-state index is 12.5. The molecule has 1 saturated heterocycles. The number of furan rings is 1. The normalized spacial score (nSPS) is 16.5. The summed E-state index contributed by atoms with van der Waals surface area (Å²) in [6, 6.07) is 10.9. The lowest BCUT2D eigenvalue weighted by molar-refractivity contribution is -0.128. The fraction of sp³-hybridized carbons (Fsp3) is 0.429. The number of rotatable bonds is 7. The van der Waals surface area contributed by atoms with Crippen LogP contribution >= 0.6 is 11.6 Å². The fourth-order valence-corrected chi connectivity index (χ4v) is 3.51. The smallest absolute Gasteiger partial charge is 0.237 e. The van der Waals surface area contributed by atoms with E-state index >= 15 is 0 Å². The van der Waals surface area contributed by atoms with Crippen LogP contribution in [0.1, 0.15) is 31.1 Å². The molecule has 2 heterocycles. The summed E-state index contributed by atoms with van der Waals surface area (Å²) in [5.41, 5.74) is 1.01. The number of nitrogens with one attached hydrogen (secondary N) is 2. The zero-order valence-corrected chi connectivity index (χ0v) is 16.7. The molecule has 1 unspecified atom stereocenters. The first-order valence-corrected chi connectivity index (χ1v) is 9.97. The zero-order chi connectivity index (χ0) is 19.9. The highest BCUT2D eigenvalue weighted by Gasteiger charge is 2.29. The summed E-state index contributed by atoms with van der Waals surface area (Å²) < 4.78 is 5.23. The third kappa shape index (κ3) is 5.59. The van der Waals surface area contributed by atoms with Crippen molar-refractivity contribution in [3.8, 4) is 0 Å². The van der Waals surface area contributed by atoms with Crippen LogP contribution in [0.25, 0.3) is 0 Å². The number of hydrogen-bond donors (Lipinski definition) is 2. The molecule has 1 aliphatic rings. The number of benzene rings is 1. The first-order chi connectivity index (χ1) is 13.5. The number of carbonyl (C=O) groups excluding carboxylic acids is 2. The van der Waals surface area contributed by atoms with Crippen molar-refractivity contribution in [2.45, 2.75) is 38.9 Å². The van der Waals surface area contributed by atoms with Crippen molar-refractivity contribution in [1.29, 1.82) is 0 Å². The van der Waals surface area contributed by atoms with E-state index in [4.69, 9.17) is 16.0 Å². The van der Waals surface area contributed by atoms with Gasteiger partial charge in [-0.3, -0.25) is 14.5 Å². The van der Waals surface area contributed by atoms with Crippen molar-refractivity contribution in [2.75, 3.05) is 13.1 Å². The number of hydrogen-bond acceptors (Lipinski definition) is 4. The van der Waals surface area contributed by atoms with Crippen LogP contribution in [0.2, 0.25) is 5.02 Å². The van der Waals surface area contributed by atoms with Gasteiger partial charge in [0.25, 0.3) is 0 Å². The standard InChI is InChI=1S/C21H26ClN3O3/c1-15(20(26)23-13-16-4-6-18(22)7-5-16)25-10-8-17(9-11-25)21(27)24-14-19-3-2-12-28-19/h2-7,12,15,17H,8-11,13-14H2,1H3,(H,23,26)(H,24,27). The van der Waals surface area contributed by atoms with Crippen molar-refractivity contribution in [2.24, 2.45) is 5.92 Å². The molecule has 1 aromatic carbocycles. The highest BCUT2D eigenvalue weighted by molar-refractivity contribution is 6.30. The Bertz CT molecular complexity index is 769. The van der Waals surface area contributed by atoms with Gasteiger partial charge in [-0.25, -0.2) is 0 Å². The van der Waals surface area contributed by atoms with Gasteiger partial charge >= 0.3 is 0 Å². The molecule has 2 N–H and O–H groups in total. The van der Waals surface area contributed by atoms with Crippen LogP contribution < -0.4 is 10.6 Å². The zero-order valence-electron chi connectivity index (χ0n) is 16.0. The largest absolute Gasteiger partial charge is 0.467 e. The monoisotopic (exact) mass is 403 g/mol. The van der Waals surface area contributed by atoms with Gasteiger partial charge in [0.15, 0.2) is 0 Å². The third-order valence-electron chi connectivity index (χ3n) is 5.22. The second-order valence-corrected chi connectivity index (χ2v) is 7.56. The first-order valence-electron chi connectivity index (χ1n) is 9.59. The Balaban J connectivity index is 1.40. The minimum atomic E-state index is -0.223. The summed E-state index contributed by atoms with van der Waals surface area (Å²) in [6.45, 7) is 4.26. The van der Waals surface area contributed by atoms with Gasteiger partial charge in [0.05, 0.1) is 18.8 Å². The Morgan fingerprint density at radius 3 is 2.50 bits per heavy atom. The molecule has 1 aliphatic heterocycles. The number of likely N-dealkylation sites (tertiary alicyclic amines) is 1. The Hall–Kier alpha value is -2.31. The predicted molar refractivity (Wildman–Crippen MR) is 108 cm³/mol. The Morgan fingerprint density at radius 1 is 1.14 bits per heavy atom. The summed E-state index contributed by atoms with van der Waals surface area (Å²) >= 11 is 5.88. The number of piperidine rings is 1. The number of amides is 2. The van der Waals surface area contributed by atoms with Crippen LogP contribution in [0.4, 0.5) is 0 Å². The summed E-state index contributed by atoms with van der Waals surface area (Å²) in [5, 5.41) is 6.58. The van der Waals surface area contributed by atoms with Crippen LogP contribution in [0.3, 0.4) is 0 Å². The van der Waals surface area contributed by atoms with Crippen LogP contribution in [-0.2, 0) is 22.7 Å². The lowest BCUT2D eigenvalue weighted by atomic mass is 9.95. The number of halogens is 1. The van der Waals surface area contributed by atoms with Crippen LogP contribution in [0.15, 0.2) is 47.1 Å². The van der Waals surface area contributed by atoms with E-state index in [0.29, 0.717) is 18.1 Å². The quantitative estimate of drug-likeness (QED) is 0.745. The maximum Gasteiger partial charge on any atom is 0.237 e. The second kappa shape index (κ2) is 9.75. The molecular formula is C21H26ClN3O3. The number of nitrogens with zero attached hydrogens (tertiary/aromatic N) is 1. The maximum atomic E-state index is 12.5. The predicted octanol–water partition coefficient (Wildman–Crippen LogP) is 2.97. The van der Waals surface area contributed by atoms with Crippen molar-refractivity contribution in [1.82, 2.24) is 15.5 Å². The average Bonchev–Trinajstić information content (AvgIpc) is 3.24. The summed E-state index contributed by atoms with van der Waals surface area (Å²) in [7, 11) is 0. The van der Waals surface area contributed by atoms with Gasteiger partial charge in [-0.2, -0.15) is 0 Å². The van der Waals surface area contributed by atoms with E-state index in [1.165, 1.54) is 0 Å². The van der Waals surface area contributed by atoms with Gasteiger partial charge in [0.1, 0.15) is 5.76 Å². The van der Waals surface area contributed by atoms with Gasteiger partial charge in [-0.1, -0.05) is 23.7 Å². The lowest BCUT2D eigenvalue weighted by Gasteiger charge is -2.34. The minimum absolute atomic E-state index is 0.00401. The van der Waals surface area contributed by atoms with Crippen LogP contribution in [0, 0.1) is 5.92 Å². The van der Waals surface area contributed by atoms with Crippen LogP contribution in [0.5, 0.6) is 0 Å². The molecule has 0 saturated carbocycles. The van der Waals surface area contributed by atoms with E-state index in [2.05, 4.69) is 15.5 Å². The van der Waals surface area contributed by atoms with Crippen molar-refractivity contribution >= 4 is 23.4 Å². The Morgan fingerprint density at radius 2 is 1.86 bits per heavy atom. The van der Waals surface area contributed by atoms with E-state index in [9.17, 15) is 9.59 Å². The van der Waals surface area contributed by atoms with E-state index in [1.54, 1.807) is 12.3 Å². The first kappa shape index (κ1) is 20.4. The van der Waals surface area contributed by atoms with Crippen molar-refractivity contribution < 1.29 is 14.0 Å². The van der Waals surface area contributed by atoms with Gasteiger partial charge in [0, 0.05) is 17.5 Å². The lowest BCUT2D eigenvalue weighted by Crippen LogP contribution is -2.49. The Kier molecular flexibility index (Phi) is 7.12. The molecule has 1 fully saturated rings. The highest BCUT2D eigenvalue weighted by atomic mass is 35.5. The van der Waals surface area contributed by atoms with Gasteiger partial charge in [-0.05, 0) is 62.7 Å². The Labute approximate surface area is 170 Å². The molecule has 1 aromatic heterocycles. The number of carbonyl (C=O) groups is 2. The van der Waals surface area contributed by atoms with Crippen molar-refractivity contribution in [3.63, 3.8) is 0 Å². The second-order valence-electron chi connectivity index (χ2n) is 7.13. The molecule has 0 radical (unpaired) electrons. The van der Waals surface area contributed by atoms with Gasteiger partial charge in [0.2, 0.25) is 11.8 Å². The third-order valence-corrected chi connectivity index (χ3v) is 5.48. The minimum Gasteiger partial charge on any atom is -0.467 e. The summed E-state index contributed by atoms with van der Waals surface area (Å²) in [5.74, 6) is 0.777. The molecule has 0 spiro atoms. The highest BCUT2D eigenvalue weighted by Crippen LogP contribution is 2.19. The molecule has 3 rings (SSSR count). The van der Waals surface area contributed by atoms with Gasteiger partial charge in [-0.15, -0.1) is 0 Å². The molecule has 1 atom stereocenters. The molecule has 0 bridgehead atoms. The topological polar surface area (TPSA) is 74.6 Å². The molecule has 150 valence electrons. The molecular weight excluding hydrogens is 378 g/mol. The molecule has 7 heteroatoms. The SMILES string of the molecule is CC(C(=O)NCc1ccc(Cl)cc1)N1CCC(C(=O)NCc2ccco2)CC1. The van der Waals surface area contributed by atoms with E-state index < -0.39 is 0 Å². The molecule has 2 amide bonds. The van der Waals surface area contributed by atoms with Crippen LogP contribution in [-0.4, -0.2) is 35.8 Å². The molecule has 2 aromatic rings. The molecule has 0 aliphatic carbocycles. The molecule has 6 nitrogen and oxygen atoms in total. The van der Waals surface area contributed by atoms with E-state index in [-0.39, 0.29) is 23.8 Å². The summed E-state index contributed by atoms with van der Waals surface area (Å²) in [6.07, 6.45) is 3.09. The summed E-state index contributed by atoms with van der Waals surface area (Å²) in [4.78, 5) is 26.9. The van der Waals surface area contributed by atoms with Gasteiger partial charge < -0.3 is 15.1 Å². The fourth-order valence-electron chi connectivity index (χ4n) is 3.39. The molecule has 28 heavy (non-hydrogen) atoms. The van der Waals surface area contributed by atoms with E-state index in [1.807, 2.05) is 37.3 Å². The van der Waals surface area contributed by atoms with Crippen molar-refractivity contribution in [3.05, 3.63) is 59.0 Å².